The van der Waals surface area contributed by atoms with Gasteiger partial charge in [0.15, 0.2) is 17.3 Å². The number of ketones is 1. The number of hydrogen-bond donors (Lipinski definition) is 1. The lowest BCUT2D eigenvalue weighted by Gasteiger charge is -2.31. The summed E-state index contributed by atoms with van der Waals surface area (Å²) in [4.78, 5) is 13.7. The first-order valence-corrected chi connectivity index (χ1v) is 8.21. The Morgan fingerprint density at radius 1 is 1.35 bits per heavy atom. The molecule has 23 heavy (non-hydrogen) atoms. The Morgan fingerprint density at radius 3 is 2.65 bits per heavy atom. The predicted molar refractivity (Wildman–Crippen MR) is 89.3 cm³/mol. The molecule has 0 spiro atoms. The van der Waals surface area contributed by atoms with Gasteiger partial charge in [0.25, 0.3) is 0 Å². The van der Waals surface area contributed by atoms with Gasteiger partial charge in [0, 0.05) is 12.1 Å². The van der Waals surface area contributed by atoms with Crippen molar-refractivity contribution in [1.82, 2.24) is 4.90 Å². The molecule has 0 aliphatic carbocycles. The molecule has 1 heterocycles. The van der Waals surface area contributed by atoms with Gasteiger partial charge in [-0.3, -0.25) is 4.79 Å². The molecule has 1 atom stereocenters. The summed E-state index contributed by atoms with van der Waals surface area (Å²) in [5, 5.41) is 10.2. The van der Waals surface area contributed by atoms with Crippen molar-refractivity contribution in [2.45, 2.75) is 32.8 Å². The zero-order valence-electron chi connectivity index (χ0n) is 14.2. The first-order valence-electron chi connectivity index (χ1n) is 8.21. The number of piperidine rings is 1. The van der Waals surface area contributed by atoms with Crippen LogP contribution in [0.5, 0.6) is 11.5 Å². The molecule has 1 saturated heterocycles. The molecule has 1 aromatic rings. The third kappa shape index (κ3) is 5.22. The molecule has 1 fully saturated rings. The van der Waals surface area contributed by atoms with E-state index in [1.54, 1.807) is 18.2 Å². The Bertz CT molecular complexity index is 524. The van der Waals surface area contributed by atoms with Crippen LogP contribution in [0.15, 0.2) is 18.2 Å². The van der Waals surface area contributed by atoms with Crippen molar-refractivity contribution in [1.29, 1.82) is 0 Å². The van der Waals surface area contributed by atoms with E-state index in [4.69, 9.17) is 9.47 Å². The first-order chi connectivity index (χ1) is 11.0. The summed E-state index contributed by atoms with van der Waals surface area (Å²) in [6.07, 6.45) is 1.84. The van der Waals surface area contributed by atoms with Crippen LogP contribution < -0.4 is 9.47 Å². The summed E-state index contributed by atoms with van der Waals surface area (Å²) in [5.74, 6) is 1.82. The molecule has 0 unspecified atom stereocenters. The van der Waals surface area contributed by atoms with Crippen molar-refractivity contribution >= 4 is 5.78 Å². The quantitative estimate of drug-likeness (QED) is 0.781. The monoisotopic (exact) mass is 321 g/mol. The van der Waals surface area contributed by atoms with E-state index in [0.717, 1.165) is 19.0 Å². The Balaban J connectivity index is 1.86. The van der Waals surface area contributed by atoms with Crippen LogP contribution in [0.25, 0.3) is 0 Å². The van der Waals surface area contributed by atoms with Crippen LogP contribution in [-0.2, 0) is 0 Å². The van der Waals surface area contributed by atoms with E-state index in [0.29, 0.717) is 23.6 Å². The lowest BCUT2D eigenvalue weighted by atomic mass is 9.99. The van der Waals surface area contributed by atoms with E-state index in [-0.39, 0.29) is 12.4 Å². The number of rotatable bonds is 7. The molecule has 2 rings (SSSR count). The summed E-state index contributed by atoms with van der Waals surface area (Å²) >= 11 is 0. The minimum absolute atomic E-state index is 0.0192. The van der Waals surface area contributed by atoms with E-state index in [9.17, 15) is 9.90 Å². The van der Waals surface area contributed by atoms with E-state index >= 15 is 0 Å². The zero-order chi connectivity index (χ0) is 16.8. The molecule has 0 aromatic heterocycles. The molecular formula is C18H27NO4. The number of aliphatic hydroxyl groups is 1. The molecular weight excluding hydrogens is 294 g/mol. The molecule has 0 radical (unpaired) electrons. The summed E-state index contributed by atoms with van der Waals surface area (Å²) in [5.41, 5.74) is 0.581. The van der Waals surface area contributed by atoms with E-state index in [1.165, 1.54) is 26.9 Å². The van der Waals surface area contributed by atoms with Crippen molar-refractivity contribution in [3.8, 4) is 11.5 Å². The van der Waals surface area contributed by atoms with Crippen LogP contribution >= 0.6 is 0 Å². The number of carbonyl (C=O) groups excluding carboxylic acids is 1. The number of nitrogens with zero attached hydrogens (tertiary/aromatic N) is 1. The molecule has 0 bridgehead atoms. The number of Topliss-reactive ketones (excluding diaryl/α,β-unsaturated/α-hetero) is 1. The van der Waals surface area contributed by atoms with Gasteiger partial charge in [-0.2, -0.15) is 0 Å². The number of carbonyl (C=O) groups is 1. The van der Waals surface area contributed by atoms with Crippen LogP contribution in [-0.4, -0.2) is 55.2 Å². The Labute approximate surface area is 138 Å². The maximum Gasteiger partial charge on any atom is 0.161 e. The number of ether oxygens (including phenoxy) is 2. The van der Waals surface area contributed by atoms with Crippen LogP contribution in [0.1, 0.15) is 37.0 Å². The maximum atomic E-state index is 11.4. The van der Waals surface area contributed by atoms with Crippen LogP contribution in [0.4, 0.5) is 0 Å². The molecule has 1 aromatic carbocycles. The van der Waals surface area contributed by atoms with Crippen LogP contribution in [0, 0.1) is 5.92 Å². The van der Waals surface area contributed by atoms with Gasteiger partial charge in [-0.05, 0) is 57.0 Å². The Kier molecular flexibility index (Phi) is 6.42. The largest absolute Gasteiger partial charge is 0.493 e. The minimum atomic E-state index is -0.541. The number of β-amino-alcohol motifs (C(OH)–C–C–N with tert-alkyl or cyclic N) is 1. The first kappa shape index (κ1) is 17.8. The van der Waals surface area contributed by atoms with E-state index in [2.05, 4.69) is 11.8 Å². The summed E-state index contributed by atoms with van der Waals surface area (Å²) in [6.45, 7) is 6.69. The number of benzene rings is 1. The standard InChI is InChI=1S/C18H27NO4/c1-13-6-8-19(9-7-13)11-16(21)12-23-17-5-4-15(14(2)20)10-18(17)22-3/h4-5,10,13,16,21H,6-9,11-12H2,1-3H3/t16-/m0/s1. The molecule has 1 aliphatic rings. The van der Waals surface area contributed by atoms with Gasteiger partial charge in [-0.25, -0.2) is 0 Å². The third-order valence-corrected chi connectivity index (χ3v) is 4.35. The molecule has 5 heteroatoms. The number of likely N-dealkylation sites (tertiary alicyclic amines) is 1. The third-order valence-electron chi connectivity index (χ3n) is 4.35. The SMILES string of the molecule is COc1cc(C(C)=O)ccc1OC[C@@H](O)CN1CCC(C)CC1. The highest BCUT2D eigenvalue weighted by Gasteiger charge is 2.19. The molecule has 5 nitrogen and oxygen atoms in total. The van der Waals surface area contributed by atoms with Crippen LogP contribution in [0.2, 0.25) is 0 Å². The lowest BCUT2D eigenvalue weighted by molar-refractivity contribution is 0.0555. The maximum absolute atomic E-state index is 11.4. The molecule has 0 saturated carbocycles. The van der Waals surface area contributed by atoms with Gasteiger partial charge in [-0.15, -0.1) is 0 Å². The van der Waals surface area contributed by atoms with E-state index in [1.807, 2.05) is 0 Å². The van der Waals surface area contributed by atoms with Gasteiger partial charge in [-0.1, -0.05) is 6.92 Å². The second kappa shape index (κ2) is 8.31. The number of hydrogen-bond acceptors (Lipinski definition) is 5. The topological polar surface area (TPSA) is 59.0 Å². The lowest BCUT2D eigenvalue weighted by Crippen LogP contribution is -2.40. The van der Waals surface area contributed by atoms with Gasteiger partial charge in [0.2, 0.25) is 0 Å². The van der Waals surface area contributed by atoms with Gasteiger partial charge in [0.05, 0.1) is 7.11 Å². The summed E-state index contributed by atoms with van der Waals surface area (Å²) < 4.78 is 10.9. The molecule has 0 amide bonds. The van der Waals surface area contributed by atoms with Crippen molar-refractivity contribution in [2.75, 3.05) is 33.4 Å². The fourth-order valence-corrected chi connectivity index (χ4v) is 2.79. The number of methoxy groups -OCH3 is 1. The Morgan fingerprint density at radius 2 is 2.04 bits per heavy atom. The van der Waals surface area contributed by atoms with Gasteiger partial charge < -0.3 is 19.5 Å². The van der Waals surface area contributed by atoms with Gasteiger partial charge in [0.1, 0.15) is 12.7 Å². The average molecular weight is 321 g/mol. The highest BCUT2D eigenvalue weighted by molar-refractivity contribution is 5.94. The average Bonchev–Trinajstić information content (AvgIpc) is 2.54. The molecule has 1 aliphatic heterocycles. The zero-order valence-corrected chi connectivity index (χ0v) is 14.2. The highest BCUT2D eigenvalue weighted by Crippen LogP contribution is 2.28. The second-order valence-electron chi connectivity index (χ2n) is 6.37. The smallest absolute Gasteiger partial charge is 0.161 e. The molecule has 1 N–H and O–H groups in total. The fraction of sp³-hybridized carbons (Fsp3) is 0.611. The predicted octanol–water partition coefficient (Wildman–Crippen LogP) is 2.37. The second-order valence-corrected chi connectivity index (χ2v) is 6.37. The Hall–Kier alpha value is -1.59. The van der Waals surface area contributed by atoms with Crippen molar-refractivity contribution in [2.24, 2.45) is 5.92 Å². The summed E-state index contributed by atoms with van der Waals surface area (Å²) in [7, 11) is 1.54. The minimum Gasteiger partial charge on any atom is -0.493 e. The normalized spacial score (nSPS) is 17.7. The van der Waals surface area contributed by atoms with Crippen molar-refractivity contribution in [3.63, 3.8) is 0 Å². The van der Waals surface area contributed by atoms with Crippen LogP contribution in [0.3, 0.4) is 0 Å². The molecule has 128 valence electrons. The van der Waals surface area contributed by atoms with Crippen molar-refractivity contribution < 1.29 is 19.4 Å². The highest BCUT2D eigenvalue weighted by atomic mass is 16.5. The number of aliphatic hydroxyl groups excluding tert-OH is 1. The summed E-state index contributed by atoms with van der Waals surface area (Å²) in [6, 6.07) is 5.08. The fourth-order valence-electron chi connectivity index (χ4n) is 2.79. The van der Waals surface area contributed by atoms with E-state index < -0.39 is 6.10 Å². The van der Waals surface area contributed by atoms with Crippen molar-refractivity contribution in [3.05, 3.63) is 23.8 Å². The van der Waals surface area contributed by atoms with Gasteiger partial charge >= 0.3 is 0 Å².